The van der Waals surface area contributed by atoms with Crippen LogP contribution in [0.4, 0.5) is 27.4 Å². The van der Waals surface area contributed by atoms with Crippen LogP contribution in [-0.2, 0) is 6.42 Å². The van der Waals surface area contributed by atoms with Gasteiger partial charge in [0.1, 0.15) is 11.4 Å². The molecule has 6 rings (SSSR count). The summed E-state index contributed by atoms with van der Waals surface area (Å²) in [6, 6.07) is 17.5. The molecular formula is C29H26ClFN6O2. The molecule has 2 aliphatic rings. The number of nitrogens with one attached hydrogen (secondary N) is 1. The quantitative estimate of drug-likeness (QED) is 0.358. The van der Waals surface area contributed by atoms with Crippen LogP contribution in [0.3, 0.4) is 0 Å². The highest BCUT2D eigenvalue weighted by Crippen LogP contribution is 2.44. The molecule has 1 saturated heterocycles. The number of nitrogens with zero attached hydrogens (tertiary/aromatic N) is 4. The zero-order valence-corrected chi connectivity index (χ0v) is 22.0. The summed E-state index contributed by atoms with van der Waals surface area (Å²) in [5.74, 6) is 0.410. The number of amides is 1. The Labute approximate surface area is 230 Å². The van der Waals surface area contributed by atoms with Gasteiger partial charge in [-0.25, -0.2) is 14.4 Å². The number of anilines is 4. The van der Waals surface area contributed by atoms with Gasteiger partial charge in [0.25, 0.3) is 5.91 Å². The lowest BCUT2D eigenvalue weighted by atomic mass is 10.0. The zero-order chi connectivity index (χ0) is 27.1. The van der Waals surface area contributed by atoms with Crippen molar-refractivity contribution in [2.24, 2.45) is 5.73 Å². The lowest BCUT2D eigenvalue weighted by molar-refractivity contribution is 0.0608. The maximum Gasteiger partial charge on any atom is 0.253 e. The van der Waals surface area contributed by atoms with Gasteiger partial charge in [-0.2, -0.15) is 0 Å². The van der Waals surface area contributed by atoms with Crippen LogP contribution in [0.5, 0.6) is 5.75 Å². The summed E-state index contributed by atoms with van der Waals surface area (Å²) < 4.78 is 20.6. The average Bonchev–Trinajstić information content (AvgIpc) is 3.07. The fourth-order valence-corrected chi connectivity index (χ4v) is 5.17. The number of rotatable bonds is 5. The number of para-hydroxylation sites is 1. The van der Waals surface area contributed by atoms with Gasteiger partial charge >= 0.3 is 0 Å². The maximum atomic E-state index is 15.1. The number of hydrogen-bond donors (Lipinski definition) is 2. The number of benzene rings is 3. The molecule has 0 spiro atoms. The summed E-state index contributed by atoms with van der Waals surface area (Å²) in [6.07, 6.45) is 2.37. The molecule has 39 heavy (non-hydrogen) atoms. The molecule has 0 radical (unpaired) electrons. The van der Waals surface area contributed by atoms with E-state index in [0.29, 0.717) is 54.0 Å². The highest BCUT2D eigenvalue weighted by molar-refractivity contribution is 6.31. The number of nitrogens with two attached hydrogens (primary N) is 1. The molecule has 198 valence electrons. The maximum absolute atomic E-state index is 15.1. The number of halogens is 2. The Hall–Kier alpha value is -4.21. The van der Waals surface area contributed by atoms with Crippen LogP contribution in [0, 0.1) is 5.82 Å². The molecule has 0 aliphatic carbocycles. The monoisotopic (exact) mass is 544 g/mol. The van der Waals surface area contributed by atoms with Gasteiger partial charge in [-0.1, -0.05) is 17.7 Å². The van der Waals surface area contributed by atoms with Crippen LogP contribution in [0.1, 0.15) is 15.9 Å². The zero-order valence-electron chi connectivity index (χ0n) is 21.2. The second-order valence-corrected chi connectivity index (χ2v) is 10.0. The molecule has 0 atom stereocenters. The molecule has 1 amide bonds. The van der Waals surface area contributed by atoms with Gasteiger partial charge in [0.15, 0.2) is 5.82 Å². The van der Waals surface area contributed by atoms with Crippen LogP contribution < -0.4 is 20.7 Å². The van der Waals surface area contributed by atoms with E-state index in [1.807, 2.05) is 29.2 Å². The molecule has 3 N–H and O–H groups in total. The fraction of sp³-hybridized carbons (Fsp3) is 0.207. The Kier molecular flexibility index (Phi) is 6.54. The van der Waals surface area contributed by atoms with E-state index in [2.05, 4.69) is 10.3 Å². The number of carbonyl (C=O) groups excluding carboxylic acids is 1. The van der Waals surface area contributed by atoms with Crippen molar-refractivity contribution in [2.45, 2.75) is 12.5 Å². The Morgan fingerprint density at radius 3 is 2.69 bits per heavy atom. The van der Waals surface area contributed by atoms with E-state index >= 15 is 4.39 Å². The minimum Gasteiger partial charge on any atom is -0.494 e. The van der Waals surface area contributed by atoms with Gasteiger partial charge in [-0.3, -0.25) is 4.79 Å². The van der Waals surface area contributed by atoms with Crippen LogP contribution in [0.25, 0.3) is 11.3 Å². The van der Waals surface area contributed by atoms with E-state index in [0.717, 1.165) is 28.2 Å². The molecule has 0 bridgehead atoms. The SMILES string of the molecule is COc1cccc(F)c1N1CCc2cnc(Nc3ccc(C(=O)N4CC(N)C4)cc3)nc2-c2ccc(Cl)cc21. The molecule has 4 aromatic rings. The van der Waals surface area contributed by atoms with E-state index in [1.165, 1.54) is 13.2 Å². The first kappa shape index (κ1) is 25.1. The summed E-state index contributed by atoms with van der Waals surface area (Å²) in [6.45, 7) is 1.64. The number of likely N-dealkylation sites (tertiary alicyclic amines) is 1. The third-order valence-corrected chi connectivity index (χ3v) is 7.23. The first-order valence-electron chi connectivity index (χ1n) is 12.6. The van der Waals surface area contributed by atoms with Crippen LogP contribution in [0.15, 0.2) is 66.9 Å². The Bertz CT molecular complexity index is 1560. The average molecular weight is 545 g/mol. The number of fused-ring (bicyclic) bond motifs is 3. The van der Waals surface area contributed by atoms with E-state index in [-0.39, 0.29) is 11.9 Å². The van der Waals surface area contributed by atoms with Gasteiger partial charge < -0.3 is 25.6 Å². The number of carbonyl (C=O) groups is 1. The van der Waals surface area contributed by atoms with Crippen molar-refractivity contribution < 1.29 is 13.9 Å². The summed E-state index contributed by atoms with van der Waals surface area (Å²) in [4.78, 5) is 25.5. The van der Waals surface area contributed by atoms with Gasteiger partial charge in [0.05, 0.1) is 18.5 Å². The molecule has 0 unspecified atom stereocenters. The third kappa shape index (κ3) is 4.75. The Morgan fingerprint density at radius 1 is 1.15 bits per heavy atom. The van der Waals surface area contributed by atoms with Crippen LogP contribution >= 0.6 is 11.6 Å². The predicted octanol–water partition coefficient (Wildman–Crippen LogP) is 5.17. The number of hydrogen-bond acceptors (Lipinski definition) is 7. The van der Waals surface area contributed by atoms with Crippen molar-refractivity contribution in [3.05, 3.63) is 88.8 Å². The van der Waals surface area contributed by atoms with Gasteiger partial charge in [-0.15, -0.1) is 0 Å². The summed E-state index contributed by atoms with van der Waals surface area (Å²) in [5.41, 5.74) is 10.7. The topological polar surface area (TPSA) is 96.6 Å². The van der Waals surface area contributed by atoms with Crippen molar-refractivity contribution in [3.63, 3.8) is 0 Å². The fourth-order valence-electron chi connectivity index (χ4n) is 5.00. The predicted molar refractivity (Wildman–Crippen MR) is 150 cm³/mol. The molecule has 2 aliphatic heterocycles. The van der Waals surface area contributed by atoms with E-state index < -0.39 is 5.82 Å². The summed E-state index contributed by atoms with van der Waals surface area (Å²) in [5, 5.41) is 3.76. The lowest BCUT2D eigenvalue weighted by Crippen LogP contribution is -2.57. The Balaban J connectivity index is 1.32. The molecule has 1 fully saturated rings. The lowest BCUT2D eigenvalue weighted by Gasteiger charge is -2.36. The van der Waals surface area contributed by atoms with E-state index in [9.17, 15) is 4.79 Å². The molecule has 3 heterocycles. The van der Waals surface area contributed by atoms with Crippen LogP contribution in [0.2, 0.25) is 5.02 Å². The molecule has 8 nitrogen and oxygen atoms in total. The van der Waals surface area contributed by atoms with Crippen molar-refractivity contribution >= 4 is 40.5 Å². The number of methoxy groups -OCH3 is 1. The first-order chi connectivity index (χ1) is 18.9. The second kappa shape index (κ2) is 10.2. The van der Waals surface area contributed by atoms with Gasteiger partial charge in [-0.05, 0) is 66.6 Å². The minimum absolute atomic E-state index is 0.0316. The first-order valence-corrected chi connectivity index (χ1v) is 13.0. The summed E-state index contributed by atoms with van der Waals surface area (Å²) in [7, 11) is 1.52. The third-order valence-electron chi connectivity index (χ3n) is 7.00. The molecule has 0 saturated carbocycles. The van der Waals surface area contributed by atoms with Crippen molar-refractivity contribution in [1.29, 1.82) is 0 Å². The second-order valence-electron chi connectivity index (χ2n) is 9.59. The minimum atomic E-state index is -0.390. The Morgan fingerprint density at radius 2 is 1.95 bits per heavy atom. The molecule has 10 heteroatoms. The number of aromatic nitrogens is 2. The molecule has 3 aromatic carbocycles. The van der Waals surface area contributed by atoms with Crippen molar-refractivity contribution in [2.75, 3.05) is 37.0 Å². The number of ether oxygens (including phenoxy) is 1. The van der Waals surface area contributed by atoms with Crippen molar-refractivity contribution in [3.8, 4) is 17.0 Å². The van der Waals surface area contributed by atoms with Gasteiger partial charge in [0, 0.05) is 53.7 Å². The largest absolute Gasteiger partial charge is 0.494 e. The molecular weight excluding hydrogens is 519 g/mol. The van der Waals surface area contributed by atoms with E-state index in [1.54, 1.807) is 41.4 Å². The smallest absolute Gasteiger partial charge is 0.253 e. The summed E-state index contributed by atoms with van der Waals surface area (Å²) >= 11 is 6.41. The molecule has 1 aromatic heterocycles. The van der Waals surface area contributed by atoms with E-state index in [4.69, 9.17) is 27.1 Å². The van der Waals surface area contributed by atoms with Crippen LogP contribution in [-0.4, -0.2) is 53.6 Å². The van der Waals surface area contributed by atoms with Gasteiger partial charge in [0.2, 0.25) is 5.95 Å². The normalized spacial score (nSPS) is 14.7. The van der Waals surface area contributed by atoms with Crippen molar-refractivity contribution in [1.82, 2.24) is 14.9 Å². The highest BCUT2D eigenvalue weighted by Gasteiger charge is 2.29. The standard InChI is InChI=1S/C29H26ClFN6O2/c1-39-25-4-2-3-23(31)27(25)37-12-11-18-14-33-29(35-26(18)22-10-7-19(30)13-24(22)37)34-21-8-5-17(6-9-21)28(38)36-15-20(32)16-36/h2-10,13-14,20H,11-12,15-16,32H2,1H3,(H,33,34,35). The highest BCUT2D eigenvalue weighted by atomic mass is 35.5.